The van der Waals surface area contributed by atoms with Crippen LogP contribution in [0.25, 0.3) is 71.6 Å². The molecule has 0 fully saturated rings. The number of para-hydroxylation sites is 3. The van der Waals surface area contributed by atoms with E-state index < -0.39 is 0 Å². The molecule has 2 aromatic heterocycles. The van der Waals surface area contributed by atoms with E-state index in [0.29, 0.717) is 0 Å². The van der Waals surface area contributed by atoms with E-state index in [4.69, 9.17) is 0 Å². The third kappa shape index (κ3) is 4.63. The molecule has 0 unspecified atom stereocenters. The Hall–Kier alpha value is -6.84. The second kappa shape index (κ2) is 11.8. The number of aryl methyl sites for hydroxylation is 1. The van der Waals surface area contributed by atoms with Gasteiger partial charge < -0.3 is 14.0 Å². The first-order valence-corrected chi connectivity index (χ1v) is 19.2. The van der Waals surface area contributed by atoms with Gasteiger partial charge in [-0.2, -0.15) is 0 Å². The van der Waals surface area contributed by atoms with Gasteiger partial charge in [-0.25, -0.2) is 0 Å². The van der Waals surface area contributed by atoms with Gasteiger partial charge in [-0.1, -0.05) is 129 Å². The Labute approximate surface area is 320 Å². The summed E-state index contributed by atoms with van der Waals surface area (Å²) in [6, 6.07) is 66.8. The number of benzene rings is 8. The molecule has 3 heteroatoms. The normalized spacial score (nSPS) is 13.1. The molecule has 0 bridgehead atoms. The van der Waals surface area contributed by atoms with Gasteiger partial charge in [-0.3, -0.25) is 0 Å². The van der Waals surface area contributed by atoms with E-state index in [-0.39, 0.29) is 5.41 Å². The lowest BCUT2D eigenvalue weighted by molar-refractivity contribution is 0.660. The summed E-state index contributed by atoms with van der Waals surface area (Å²) in [4.78, 5) is 2.38. The van der Waals surface area contributed by atoms with Crippen molar-refractivity contribution in [1.29, 1.82) is 0 Å². The molecule has 0 saturated heterocycles. The van der Waals surface area contributed by atoms with E-state index >= 15 is 0 Å². The van der Waals surface area contributed by atoms with E-state index in [1.54, 1.807) is 0 Å². The van der Waals surface area contributed by atoms with E-state index in [1.807, 2.05) is 0 Å². The molecule has 11 rings (SSSR count). The van der Waals surface area contributed by atoms with Crippen LogP contribution in [0.3, 0.4) is 0 Å². The summed E-state index contributed by atoms with van der Waals surface area (Å²) in [5.74, 6) is 0. The summed E-state index contributed by atoms with van der Waals surface area (Å²) in [6.45, 7) is 4.70. The highest BCUT2D eigenvalue weighted by Gasteiger charge is 2.35. The molecule has 262 valence electrons. The fourth-order valence-corrected chi connectivity index (χ4v) is 9.45. The van der Waals surface area contributed by atoms with Gasteiger partial charge in [-0.15, -0.1) is 0 Å². The number of rotatable bonds is 5. The number of hydrogen-bond donors (Lipinski definition) is 0. The second-order valence-corrected chi connectivity index (χ2v) is 15.5. The maximum atomic E-state index is 2.45. The Kier molecular flexibility index (Phi) is 6.81. The molecule has 0 amide bonds. The van der Waals surface area contributed by atoms with Crippen LogP contribution >= 0.6 is 0 Å². The Bertz CT molecular complexity index is 3110. The molecule has 0 saturated carbocycles. The van der Waals surface area contributed by atoms with E-state index in [2.05, 4.69) is 217 Å². The highest BCUT2D eigenvalue weighted by atomic mass is 15.1. The third-order valence-corrected chi connectivity index (χ3v) is 12.1. The average Bonchev–Trinajstić information content (AvgIpc) is 3.81. The average molecular weight is 706 g/mol. The number of aromatic nitrogens is 2. The van der Waals surface area contributed by atoms with Gasteiger partial charge in [0.05, 0.1) is 16.6 Å². The summed E-state index contributed by atoms with van der Waals surface area (Å²) in [5.41, 5.74) is 17.3. The lowest BCUT2D eigenvalue weighted by Crippen LogP contribution is -2.16. The fourth-order valence-electron chi connectivity index (χ4n) is 9.45. The van der Waals surface area contributed by atoms with Crippen molar-refractivity contribution in [2.75, 3.05) is 4.90 Å². The number of hydrogen-bond acceptors (Lipinski definition) is 1. The van der Waals surface area contributed by atoms with Crippen molar-refractivity contribution < 1.29 is 0 Å². The van der Waals surface area contributed by atoms with Crippen molar-refractivity contribution in [3.8, 4) is 27.9 Å². The van der Waals surface area contributed by atoms with Crippen LogP contribution in [0.15, 0.2) is 182 Å². The van der Waals surface area contributed by atoms with E-state index in [9.17, 15) is 0 Å². The fraction of sp³-hybridized carbons (Fsp3) is 0.0769. The second-order valence-electron chi connectivity index (χ2n) is 15.5. The lowest BCUT2D eigenvalue weighted by atomic mass is 9.82. The Morgan fingerprint density at radius 2 is 1.04 bits per heavy atom. The van der Waals surface area contributed by atoms with Crippen molar-refractivity contribution >= 4 is 60.7 Å². The van der Waals surface area contributed by atoms with Gasteiger partial charge in [0.15, 0.2) is 0 Å². The van der Waals surface area contributed by atoms with Crippen LogP contribution in [0.4, 0.5) is 17.1 Å². The standard InChI is InChI=1S/C52H39N3/c1-52(2)46-20-12-10-18-40(46)41-28-27-39(33-47(41)52)54(36-14-6-4-7-15-36)38-25-22-34(23-26-38)35-24-31-49-45(32-35)44-30-29-43-42-19-11-13-21-48(42)53(3)50(43)51(44)55(49)37-16-8-5-9-17-37/h4-33H,1-3H3. The zero-order chi connectivity index (χ0) is 36.8. The summed E-state index contributed by atoms with van der Waals surface area (Å²) >= 11 is 0. The summed E-state index contributed by atoms with van der Waals surface area (Å²) in [6.07, 6.45) is 0. The molecule has 2 heterocycles. The third-order valence-electron chi connectivity index (χ3n) is 12.1. The van der Waals surface area contributed by atoms with E-state index in [0.717, 1.165) is 22.7 Å². The van der Waals surface area contributed by atoms with Gasteiger partial charge >= 0.3 is 0 Å². The van der Waals surface area contributed by atoms with Crippen molar-refractivity contribution in [2.24, 2.45) is 7.05 Å². The molecular weight excluding hydrogens is 667 g/mol. The summed E-state index contributed by atoms with van der Waals surface area (Å²) < 4.78 is 4.82. The van der Waals surface area contributed by atoms with Crippen molar-refractivity contribution in [2.45, 2.75) is 19.3 Å². The van der Waals surface area contributed by atoms with Gasteiger partial charge in [0.25, 0.3) is 0 Å². The topological polar surface area (TPSA) is 13.1 Å². The van der Waals surface area contributed by atoms with Crippen LogP contribution in [-0.2, 0) is 12.5 Å². The predicted molar refractivity (Wildman–Crippen MR) is 232 cm³/mol. The molecule has 0 N–H and O–H groups in total. The first kappa shape index (κ1) is 31.7. The van der Waals surface area contributed by atoms with E-state index in [1.165, 1.54) is 77.0 Å². The maximum absolute atomic E-state index is 2.45. The first-order chi connectivity index (χ1) is 27.0. The Morgan fingerprint density at radius 3 is 1.84 bits per heavy atom. The van der Waals surface area contributed by atoms with Crippen LogP contribution in [-0.4, -0.2) is 9.13 Å². The molecule has 0 atom stereocenters. The number of anilines is 3. The molecule has 0 radical (unpaired) electrons. The molecule has 1 aliphatic carbocycles. The minimum absolute atomic E-state index is 0.0735. The number of nitrogens with zero attached hydrogens (tertiary/aromatic N) is 3. The smallest absolute Gasteiger partial charge is 0.0785 e. The monoisotopic (exact) mass is 705 g/mol. The van der Waals surface area contributed by atoms with Gasteiger partial charge in [-0.05, 0) is 100 Å². The maximum Gasteiger partial charge on any atom is 0.0785 e. The minimum Gasteiger partial charge on any atom is -0.342 e. The SMILES string of the molecule is Cn1c2ccccc2c2ccc3c4cc(-c5ccc(N(c6ccccc6)c6ccc7c(c6)C(C)(C)c6ccccc6-7)cc5)ccc4n(-c4ccccc4)c3c21. The molecule has 1 aliphatic rings. The van der Waals surface area contributed by atoms with Crippen LogP contribution in [0.5, 0.6) is 0 Å². The molecule has 8 aromatic carbocycles. The molecule has 3 nitrogen and oxygen atoms in total. The largest absolute Gasteiger partial charge is 0.342 e. The van der Waals surface area contributed by atoms with Crippen molar-refractivity contribution in [3.05, 3.63) is 193 Å². The Morgan fingerprint density at radius 1 is 0.418 bits per heavy atom. The van der Waals surface area contributed by atoms with Gasteiger partial charge in [0.2, 0.25) is 0 Å². The van der Waals surface area contributed by atoms with Crippen LogP contribution in [0, 0.1) is 0 Å². The highest BCUT2D eigenvalue weighted by molar-refractivity contribution is 6.23. The molecule has 0 aliphatic heterocycles. The zero-order valence-electron chi connectivity index (χ0n) is 31.2. The first-order valence-electron chi connectivity index (χ1n) is 19.2. The number of fused-ring (bicyclic) bond motifs is 10. The van der Waals surface area contributed by atoms with Crippen LogP contribution < -0.4 is 4.90 Å². The quantitative estimate of drug-likeness (QED) is 0.174. The van der Waals surface area contributed by atoms with Crippen LogP contribution in [0.1, 0.15) is 25.0 Å². The lowest BCUT2D eigenvalue weighted by Gasteiger charge is -2.28. The predicted octanol–water partition coefficient (Wildman–Crippen LogP) is 13.9. The Balaban J connectivity index is 1.05. The van der Waals surface area contributed by atoms with Crippen molar-refractivity contribution in [1.82, 2.24) is 9.13 Å². The van der Waals surface area contributed by atoms with Crippen molar-refractivity contribution in [3.63, 3.8) is 0 Å². The molecular formula is C52H39N3. The molecule has 0 spiro atoms. The highest BCUT2D eigenvalue weighted by Crippen LogP contribution is 2.51. The minimum atomic E-state index is -0.0735. The molecule has 55 heavy (non-hydrogen) atoms. The summed E-state index contributed by atoms with van der Waals surface area (Å²) in [7, 11) is 2.20. The van der Waals surface area contributed by atoms with Gasteiger partial charge in [0, 0.05) is 62.3 Å². The van der Waals surface area contributed by atoms with Crippen LogP contribution in [0.2, 0.25) is 0 Å². The zero-order valence-corrected chi connectivity index (χ0v) is 31.2. The summed E-state index contributed by atoms with van der Waals surface area (Å²) in [5, 5.41) is 5.07. The van der Waals surface area contributed by atoms with Gasteiger partial charge in [0.1, 0.15) is 0 Å². The molecule has 10 aromatic rings.